The summed E-state index contributed by atoms with van der Waals surface area (Å²) in [7, 11) is 1.55. The monoisotopic (exact) mass is 281 g/mol. The van der Waals surface area contributed by atoms with Gasteiger partial charge in [0.05, 0.1) is 23.8 Å². The number of rotatable bonds is 6. The molecule has 0 radical (unpaired) electrons. The van der Waals surface area contributed by atoms with Gasteiger partial charge in [-0.2, -0.15) is 0 Å². The number of hydrogen-bond donors (Lipinski definition) is 1. The smallest absolute Gasteiger partial charge is 0.414 e. The van der Waals surface area contributed by atoms with Gasteiger partial charge in [-0.25, -0.2) is 4.79 Å². The summed E-state index contributed by atoms with van der Waals surface area (Å²) in [6.07, 6.45) is -0.487. The van der Waals surface area contributed by atoms with Crippen molar-refractivity contribution in [2.24, 2.45) is 0 Å². The lowest BCUT2D eigenvalue weighted by Crippen LogP contribution is -2.23. The standard InChI is InChI=1S/C12H15N3O5/c1-19-6-4-13-10-3-2-9(8-11(10)15(17)18)14-5-7-20-12(14)16/h2-3,8,13H,4-7H2,1H3. The van der Waals surface area contributed by atoms with E-state index in [1.54, 1.807) is 19.2 Å². The summed E-state index contributed by atoms with van der Waals surface area (Å²) < 4.78 is 9.70. The van der Waals surface area contributed by atoms with Gasteiger partial charge in [0.1, 0.15) is 12.3 Å². The molecule has 1 heterocycles. The summed E-state index contributed by atoms with van der Waals surface area (Å²) >= 11 is 0. The van der Waals surface area contributed by atoms with Crippen molar-refractivity contribution in [3.8, 4) is 0 Å². The number of benzene rings is 1. The first-order valence-corrected chi connectivity index (χ1v) is 6.09. The number of nitro benzene ring substituents is 1. The SMILES string of the molecule is COCCNc1ccc(N2CCOC2=O)cc1[N+](=O)[O-]. The number of carbonyl (C=O) groups excluding carboxylic acids is 1. The van der Waals surface area contributed by atoms with E-state index < -0.39 is 11.0 Å². The van der Waals surface area contributed by atoms with Crippen LogP contribution in [0, 0.1) is 10.1 Å². The average molecular weight is 281 g/mol. The Balaban J connectivity index is 2.23. The third-order valence-electron chi connectivity index (χ3n) is 2.87. The minimum atomic E-state index is -0.487. The maximum atomic E-state index is 11.5. The van der Waals surface area contributed by atoms with Crippen LogP contribution in [0.3, 0.4) is 0 Å². The van der Waals surface area contributed by atoms with Gasteiger partial charge in [-0.15, -0.1) is 0 Å². The van der Waals surface area contributed by atoms with Gasteiger partial charge in [-0.05, 0) is 12.1 Å². The van der Waals surface area contributed by atoms with E-state index in [1.165, 1.54) is 11.0 Å². The molecular formula is C12H15N3O5. The van der Waals surface area contributed by atoms with Crippen molar-refractivity contribution in [1.82, 2.24) is 0 Å². The molecular weight excluding hydrogens is 266 g/mol. The van der Waals surface area contributed by atoms with Gasteiger partial charge in [0, 0.05) is 19.7 Å². The van der Waals surface area contributed by atoms with E-state index in [-0.39, 0.29) is 5.69 Å². The molecule has 0 bridgehead atoms. The third kappa shape index (κ3) is 2.97. The van der Waals surface area contributed by atoms with Crippen LogP contribution in [0.4, 0.5) is 21.9 Å². The molecule has 1 fully saturated rings. The molecule has 0 aliphatic carbocycles. The van der Waals surface area contributed by atoms with Gasteiger partial charge < -0.3 is 14.8 Å². The van der Waals surface area contributed by atoms with Crippen molar-refractivity contribution in [2.75, 3.05) is 43.6 Å². The summed E-state index contributed by atoms with van der Waals surface area (Å²) in [5.41, 5.74) is 0.762. The molecule has 1 aliphatic heterocycles. The predicted molar refractivity (Wildman–Crippen MR) is 72.2 cm³/mol. The quantitative estimate of drug-likeness (QED) is 0.483. The zero-order valence-corrected chi connectivity index (χ0v) is 11.0. The highest BCUT2D eigenvalue weighted by molar-refractivity contribution is 5.90. The van der Waals surface area contributed by atoms with E-state index >= 15 is 0 Å². The van der Waals surface area contributed by atoms with Crippen molar-refractivity contribution in [1.29, 1.82) is 0 Å². The van der Waals surface area contributed by atoms with Crippen molar-refractivity contribution in [3.63, 3.8) is 0 Å². The number of nitrogens with zero attached hydrogens (tertiary/aromatic N) is 2. The molecule has 1 amide bonds. The second-order valence-electron chi connectivity index (χ2n) is 4.14. The molecule has 2 rings (SSSR count). The number of anilines is 2. The molecule has 8 heteroatoms. The van der Waals surface area contributed by atoms with Gasteiger partial charge >= 0.3 is 6.09 Å². The van der Waals surface area contributed by atoms with Gasteiger partial charge in [0.25, 0.3) is 5.69 Å². The predicted octanol–water partition coefficient (Wildman–Crippen LogP) is 1.61. The number of carbonyl (C=O) groups is 1. The molecule has 1 aromatic carbocycles. The van der Waals surface area contributed by atoms with Crippen LogP contribution in [0.25, 0.3) is 0 Å². The third-order valence-corrected chi connectivity index (χ3v) is 2.87. The van der Waals surface area contributed by atoms with E-state index in [0.29, 0.717) is 37.7 Å². The first kappa shape index (κ1) is 14.1. The van der Waals surface area contributed by atoms with Crippen molar-refractivity contribution < 1.29 is 19.2 Å². The summed E-state index contributed by atoms with van der Waals surface area (Å²) in [6, 6.07) is 4.59. The molecule has 0 aromatic heterocycles. The molecule has 1 aromatic rings. The number of ether oxygens (including phenoxy) is 2. The fourth-order valence-electron chi connectivity index (χ4n) is 1.90. The van der Waals surface area contributed by atoms with Gasteiger partial charge in [-0.1, -0.05) is 0 Å². The molecule has 108 valence electrons. The van der Waals surface area contributed by atoms with E-state index in [0.717, 1.165) is 0 Å². The molecule has 0 spiro atoms. The second-order valence-corrected chi connectivity index (χ2v) is 4.14. The Morgan fingerprint density at radius 2 is 2.35 bits per heavy atom. The number of amides is 1. The van der Waals surface area contributed by atoms with E-state index in [9.17, 15) is 14.9 Å². The number of methoxy groups -OCH3 is 1. The highest BCUT2D eigenvalue weighted by atomic mass is 16.6. The zero-order chi connectivity index (χ0) is 14.5. The lowest BCUT2D eigenvalue weighted by molar-refractivity contribution is -0.383. The molecule has 0 unspecified atom stereocenters. The van der Waals surface area contributed by atoms with E-state index in [1.807, 2.05) is 0 Å². The number of hydrogen-bond acceptors (Lipinski definition) is 6. The van der Waals surface area contributed by atoms with Gasteiger partial charge in [-0.3, -0.25) is 15.0 Å². The molecule has 0 atom stereocenters. The molecule has 0 saturated carbocycles. The van der Waals surface area contributed by atoms with Crippen molar-refractivity contribution >= 4 is 23.2 Å². The van der Waals surface area contributed by atoms with Crippen LogP contribution in [0.1, 0.15) is 0 Å². The van der Waals surface area contributed by atoms with Crippen molar-refractivity contribution in [3.05, 3.63) is 28.3 Å². The Bertz CT molecular complexity index is 520. The molecule has 1 N–H and O–H groups in total. The second kappa shape index (κ2) is 6.20. The van der Waals surface area contributed by atoms with Crippen LogP contribution in [0.15, 0.2) is 18.2 Å². The van der Waals surface area contributed by atoms with Crippen LogP contribution >= 0.6 is 0 Å². The first-order valence-electron chi connectivity index (χ1n) is 6.09. The van der Waals surface area contributed by atoms with Crippen molar-refractivity contribution in [2.45, 2.75) is 0 Å². The van der Waals surface area contributed by atoms with E-state index in [2.05, 4.69) is 5.32 Å². The molecule has 1 aliphatic rings. The number of cyclic esters (lactones) is 1. The average Bonchev–Trinajstić information content (AvgIpc) is 2.85. The molecule has 8 nitrogen and oxygen atoms in total. The van der Waals surface area contributed by atoms with Crippen LogP contribution in [-0.4, -0.2) is 44.4 Å². The molecule has 1 saturated heterocycles. The Kier molecular flexibility index (Phi) is 4.36. The zero-order valence-electron chi connectivity index (χ0n) is 11.0. The topological polar surface area (TPSA) is 93.9 Å². The van der Waals surface area contributed by atoms with Crippen LogP contribution in [0.5, 0.6) is 0 Å². The maximum absolute atomic E-state index is 11.5. The highest BCUT2D eigenvalue weighted by Gasteiger charge is 2.26. The van der Waals surface area contributed by atoms with Gasteiger partial charge in [0.15, 0.2) is 0 Å². The normalized spacial score (nSPS) is 14.2. The summed E-state index contributed by atoms with van der Waals surface area (Å²) in [4.78, 5) is 23.4. The minimum absolute atomic E-state index is 0.0849. The Morgan fingerprint density at radius 1 is 1.55 bits per heavy atom. The number of nitro groups is 1. The molecule has 20 heavy (non-hydrogen) atoms. The lowest BCUT2D eigenvalue weighted by atomic mass is 10.2. The Labute approximate surface area is 115 Å². The maximum Gasteiger partial charge on any atom is 0.414 e. The largest absolute Gasteiger partial charge is 0.447 e. The van der Waals surface area contributed by atoms with Crippen LogP contribution < -0.4 is 10.2 Å². The Morgan fingerprint density at radius 3 is 2.95 bits per heavy atom. The fourth-order valence-corrected chi connectivity index (χ4v) is 1.90. The lowest BCUT2D eigenvalue weighted by Gasteiger charge is -2.14. The summed E-state index contributed by atoms with van der Waals surface area (Å²) in [5, 5.41) is 14.0. The Hall–Kier alpha value is -2.35. The summed E-state index contributed by atoms with van der Waals surface area (Å²) in [6.45, 7) is 1.59. The first-order chi connectivity index (χ1) is 9.63. The van der Waals surface area contributed by atoms with Crippen LogP contribution in [-0.2, 0) is 9.47 Å². The van der Waals surface area contributed by atoms with Crippen LogP contribution in [0.2, 0.25) is 0 Å². The number of nitrogens with one attached hydrogen (secondary N) is 1. The van der Waals surface area contributed by atoms with Gasteiger partial charge in [0.2, 0.25) is 0 Å². The van der Waals surface area contributed by atoms with E-state index in [4.69, 9.17) is 9.47 Å². The minimum Gasteiger partial charge on any atom is -0.447 e. The fraction of sp³-hybridized carbons (Fsp3) is 0.417. The summed E-state index contributed by atoms with van der Waals surface area (Å²) in [5.74, 6) is 0. The highest BCUT2D eigenvalue weighted by Crippen LogP contribution is 2.30.